The molecule has 0 saturated carbocycles. The van der Waals surface area contributed by atoms with Gasteiger partial charge in [-0.25, -0.2) is 0 Å². The van der Waals surface area contributed by atoms with Crippen LogP contribution in [0.15, 0.2) is 28.1 Å². The van der Waals surface area contributed by atoms with Crippen molar-refractivity contribution in [3.05, 3.63) is 54.7 Å². The highest BCUT2D eigenvalue weighted by Crippen LogP contribution is 2.27. The molecule has 1 heterocycles. The van der Waals surface area contributed by atoms with E-state index >= 15 is 0 Å². The molecule has 2 rings (SSSR count). The van der Waals surface area contributed by atoms with E-state index in [2.05, 4.69) is 15.3 Å². The smallest absolute Gasteiger partial charge is 0.311 e. The summed E-state index contributed by atoms with van der Waals surface area (Å²) in [5, 5.41) is 30.1. The van der Waals surface area contributed by atoms with Crippen LogP contribution in [0.2, 0.25) is 0 Å². The van der Waals surface area contributed by atoms with E-state index in [0.717, 1.165) is 4.68 Å². The van der Waals surface area contributed by atoms with Crippen molar-refractivity contribution >= 4 is 30.1 Å². The SMILES string of the molecule is CCCOc1ccc(/C=N\n2c(=S)[nH]nc(CCC(=O)O)c2=O)cc1[N+](=O)[O-]. The number of nitrogens with zero attached hydrogens (tertiary/aromatic N) is 4. The number of aryl methyl sites for hydroxylation is 1. The first-order chi connectivity index (χ1) is 13.3. The number of aromatic amines is 1. The lowest BCUT2D eigenvalue weighted by molar-refractivity contribution is -0.385. The van der Waals surface area contributed by atoms with Gasteiger partial charge in [-0.15, -0.1) is 0 Å². The van der Waals surface area contributed by atoms with Gasteiger partial charge in [-0.1, -0.05) is 6.92 Å². The molecule has 2 N–H and O–H groups in total. The average molecular weight is 407 g/mol. The molecule has 0 radical (unpaired) electrons. The average Bonchev–Trinajstić information content (AvgIpc) is 2.65. The lowest BCUT2D eigenvalue weighted by Gasteiger charge is -2.06. The van der Waals surface area contributed by atoms with Crippen molar-refractivity contribution in [2.24, 2.45) is 5.10 Å². The maximum atomic E-state index is 12.3. The summed E-state index contributed by atoms with van der Waals surface area (Å²) in [6.07, 6.45) is 1.56. The van der Waals surface area contributed by atoms with Gasteiger partial charge in [-0.2, -0.15) is 14.9 Å². The van der Waals surface area contributed by atoms with Gasteiger partial charge in [0.25, 0.3) is 5.56 Å². The molecule has 0 saturated heterocycles. The number of carboxylic acid groups (broad SMARTS) is 1. The number of rotatable bonds is 9. The molecule has 2 aromatic rings. The van der Waals surface area contributed by atoms with Crippen molar-refractivity contribution in [3.63, 3.8) is 0 Å². The second-order valence-corrected chi connectivity index (χ2v) is 5.95. The first-order valence-electron chi connectivity index (χ1n) is 8.21. The summed E-state index contributed by atoms with van der Waals surface area (Å²) >= 11 is 4.97. The van der Waals surface area contributed by atoms with Crippen LogP contribution in [0.1, 0.15) is 31.0 Å². The Morgan fingerprint density at radius 1 is 1.54 bits per heavy atom. The number of benzene rings is 1. The van der Waals surface area contributed by atoms with Gasteiger partial charge in [0.15, 0.2) is 5.75 Å². The van der Waals surface area contributed by atoms with Crippen molar-refractivity contribution in [1.82, 2.24) is 14.9 Å². The molecular weight excluding hydrogens is 390 g/mol. The Morgan fingerprint density at radius 2 is 2.29 bits per heavy atom. The zero-order chi connectivity index (χ0) is 20.7. The van der Waals surface area contributed by atoms with Crippen LogP contribution in [0, 0.1) is 14.9 Å². The van der Waals surface area contributed by atoms with Crippen molar-refractivity contribution in [2.45, 2.75) is 26.2 Å². The third-order valence-corrected chi connectivity index (χ3v) is 3.72. The summed E-state index contributed by atoms with van der Waals surface area (Å²) < 4.78 is 6.09. The molecule has 0 spiro atoms. The van der Waals surface area contributed by atoms with E-state index in [1.54, 1.807) is 6.07 Å². The molecule has 0 aliphatic rings. The van der Waals surface area contributed by atoms with Gasteiger partial charge >= 0.3 is 11.7 Å². The quantitative estimate of drug-likeness (QED) is 0.277. The molecule has 0 unspecified atom stereocenters. The minimum Gasteiger partial charge on any atom is -0.487 e. The number of hydrogen-bond acceptors (Lipinski definition) is 8. The summed E-state index contributed by atoms with van der Waals surface area (Å²) in [6, 6.07) is 4.26. The van der Waals surface area contributed by atoms with Gasteiger partial charge in [-0.05, 0) is 30.8 Å². The molecule has 1 aromatic heterocycles. The lowest BCUT2D eigenvalue weighted by Crippen LogP contribution is -2.25. The van der Waals surface area contributed by atoms with E-state index in [9.17, 15) is 19.7 Å². The third-order valence-electron chi connectivity index (χ3n) is 3.46. The van der Waals surface area contributed by atoms with Gasteiger partial charge in [-0.3, -0.25) is 24.8 Å². The molecule has 11 nitrogen and oxygen atoms in total. The minimum atomic E-state index is -1.07. The zero-order valence-electron chi connectivity index (χ0n) is 14.8. The maximum absolute atomic E-state index is 12.3. The van der Waals surface area contributed by atoms with E-state index < -0.39 is 16.5 Å². The highest BCUT2D eigenvalue weighted by atomic mass is 32.1. The van der Waals surface area contributed by atoms with Gasteiger partial charge in [0.1, 0.15) is 5.69 Å². The number of ether oxygens (including phenoxy) is 1. The Morgan fingerprint density at radius 3 is 2.93 bits per heavy atom. The molecule has 148 valence electrons. The molecule has 28 heavy (non-hydrogen) atoms. The Kier molecular flexibility index (Phi) is 7.09. The summed E-state index contributed by atoms with van der Waals surface area (Å²) in [5.74, 6) is -0.935. The van der Waals surface area contributed by atoms with Crippen molar-refractivity contribution in [3.8, 4) is 5.75 Å². The van der Waals surface area contributed by atoms with Crippen molar-refractivity contribution < 1.29 is 19.6 Å². The van der Waals surface area contributed by atoms with Crippen LogP contribution in [-0.4, -0.2) is 43.7 Å². The Balaban J connectivity index is 2.35. The number of carbonyl (C=O) groups is 1. The maximum Gasteiger partial charge on any atom is 0.311 e. The molecule has 0 bridgehead atoms. The predicted molar refractivity (Wildman–Crippen MR) is 102 cm³/mol. The Bertz CT molecular complexity index is 1030. The van der Waals surface area contributed by atoms with Crippen molar-refractivity contribution in [2.75, 3.05) is 6.61 Å². The van der Waals surface area contributed by atoms with Crippen LogP contribution >= 0.6 is 12.2 Å². The highest BCUT2D eigenvalue weighted by Gasteiger charge is 2.15. The molecule has 0 fully saturated rings. The van der Waals surface area contributed by atoms with Crippen LogP contribution in [0.3, 0.4) is 0 Å². The van der Waals surface area contributed by atoms with Gasteiger partial charge in [0.05, 0.1) is 24.2 Å². The zero-order valence-corrected chi connectivity index (χ0v) is 15.6. The standard InChI is InChI=1S/C16H17N5O6S/c1-2-7-27-13-5-3-10(8-12(13)21(25)26)9-17-20-15(24)11(4-6-14(22)23)18-19-16(20)28/h3,5,8-9H,2,4,6-7H2,1H3,(H,19,28)(H,22,23)/b17-9-. The molecule has 0 aliphatic carbocycles. The van der Waals surface area contributed by atoms with Crippen LogP contribution in [0.4, 0.5) is 5.69 Å². The highest BCUT2D eigenvalue weighted by molar-refractivity contribution is 7.71. The second kappa shape index (κ2) is 9.50. The number of carboxylic acids is 1. The fourth-order valence-electron chi connectivity index (χ4n) is 2.13. The number of nitro benzene ring substituents is 1. The number of nitro groups is 1. The third kappa shape index (κ3) is 5.30. The number of aromatic nitrogens is 3. The van der Waals surface area contributed by atoms with Crippen LogP contribution in [0.5, 0.6) is 5.75 Å². The summed E-state index contributed by atoms with van der Waals surface area (Å²) in [5.41, 5.74) is -0.589. The summed E-state index contributed by atoms with van der Waals surface area (Å²) in [7, 11) is 0. The topological polar surface area (TPSA) is 153 Å². The van der Waals surface area contributed by atoms with E-state index in [1.807, 2.05) is 6.92 Å². The van der Waals surface area contributed by atoms with Gasteiger partial charge < -0.3 is 9.84 Å². The number of nitrogens with one attached hydrogen (secondary N) is 1. The van der Waals surface area contributed by atoms with Crippen LogP contribution < -0.4 is 10.3 Å². The fourth-order valence-corrected chi connectivity index (χ4v) is 2.31. The van der Waals surface area contributed by atoms with E-state index in [4.69, 9.17) is 22.1 Å². The molecular formula is C16H17N5O6S. The molecule has 12 heteroatoms. The predicted octanol–water partition coefficient (Wildman–Crippen LogP) is 1.90. The first kappa shape index (κ1) is 20.9. The van der Waals surface area contributed by atoms with Crippen molar-refractivity contribution in [1.29, 1.82) is 0 Å². The molecule has 1 aromatic carbocycles. The second-order valence-electron chi connectivity index (χ2n) is 5.56. The Hall–Kier alpha value is -3.41. The van der Waals surface area contributed by atoms with Crippen LogP contribution in [0.25, 0.3) is 0 Å². The number of H-pyrrole nitrogens is 1. The summed E-state index contributed by atoms with van der Waals surface area (Å²) in [6.45, 7) is 2.22. The normalized spacial score (nSPS) is 10.9. The monoisotopic (exact) mass is 407 g/mol. The molecule has 0 amide bonds. The van der Waals surface area contributed by atoms with E-state index in [-0.39, 0.29) is 34.7 Å². The van der Waals surface area contributed by atoms with Gasteiger partial charge in [0, 0.05) is 18.1 Å². The molecule has 0 aliphatic heterocycles. The fraction of sp³-hybridized carbons (Fsp3) is 0.312. The van der Waals surface area contributed by atoms with Gasteiger partial charge in [0.2, 0.25) is 4.77 Å². The first-order valence-corrected chi connectivity index (χ1v) is 8.62. The lowest BCUT2D eigenvalue weighted by atomic mass is 10.2. The van der Waals surface area contributed by atoms with Crippen LogP contribution in [-0.2, 0) is 11.2 Å². The largest absolute Gasteiger partial charge is 0.487 e. The van der Waals surface area contributed by atoms with E-state index in [1.165, 1.54) is 18.3 Å². The minimum absolute atomic E-state index is 0.0394. The number of hydrogen-bond donors (Lipinski definition) is 2. The number of aliphatic carboxylic acids is 1. The summed E-state index contributed by atoms with van der Waals surface area (Å²) in [4.78, 5) is 33.7. The molecule has 0 atom stereocenters. The Labute approximate surface area is 163 Å². The van der Waals surface area contributed by atoms with E-state index in [0.29, 0.717) is 18.6 Å².